The van der Waals surface area contributed by atoms with Gasteiger partial charge in [-0.15, -0.1) is 11.6 Å². The number of carbonyl (C=O) groups excluding carboxylic acids is 2. The maximum atomic E-state index is 13.6. The summed E-state index contributed by atoms with van der Waals surface area (Å²) in [6.07, 6.45) is 7.93. The summed E-state index contributed by atoms with van der Waals surface area (Å²) in [5, 5.41) is 9.39. The van der Waals surface area contributed by atoms with Crippen LogP contribution in [0.1, 0.15) is 54.1 Å². The molecular formula is C24H26ClN3O4. The minimum absolute atomic E-state index is 0.0785. The highest BCUT2D eigenvalue weighted by Gasteiger charge is 2.65. The summed E-state index contributed by atoms with van der Waals surface area (Å²) in [5.74, 6) is -0.451. The molecule has 1 aromatic carbocycles. The Balaban J connectivity index is 1.73. The van der Waals surface area contributed by atoms with Crippen molar-refractivity contribution in [3.8, 4) is 11.5 Å². The number of amides is 1. The molecule has 8 heteroatoms. The zero-order chi connectivity index (χ0) is 22.9. The molecule has 7 nitrogen and oxygen atoms in total. The molecule has 3 heterocycles. The summed E-state index contributed by atoms with van der Waals surface area (Å²) in [4.78, 5) is 36.2. The Hall–Kier alpha value is -2.93. The fourth-order valence-corrected chi connectivity index (χ4v) is 4.65. The van der Waals surface area contributed by atoms with E-state index < -0.39 is 22.8 Å². The average molecular weight is 456 g/mol. The number of nitrogens with zero attached hydrogens (tertiary/aromatic N) is 3. The van der Waals surface area contributed by atoms with Crippen LogP contribution >= 0.6 is 11.6 Å². The molecule has 2 aliphatic rings. The van der Waals surface area contributed by atoms with Crippen molar-refractivity contribution < 1.29 is 19.4 Å². The van der Waals surface area contributed by atoms with Gasteiger partial charge < -0.3 is 9.84 Å². The van der Waals surface area contributed by atoms with Crippen molar-refractivity contribution in [2.45, 2.75) is 56.7 Å². The molecule has 1 amide bonds. The van der Waals surface area contributed by atoms with Crippen LogP contribution in [-0.4, -0.2) is 50.5 Å². The minimum Gasteiger partial charge on any atom is -0.508 e. The number of aliphatic imine (C=N–C) groups is 1. The number of halogens is 1. The van der Waals surface area contributed by atoms with Gasteiger partial charge in [-0.1, -0.05) is 26.2 Å². The van der Waals surface area contributed by atoms with Gasteiger partial charge in [0.05, 0.1) is 12.1 Å². The van der Waals surface area contributed by atoms with Gasteiger partial charge in [0.1, 0.15) is 17.2 Å². The highest BCUT2D eigenvalue weighted by Crippen LogP contribution is 2.47. The highest BCUT2D eigenvalue weighted by molar-refractivity contribution is 6.49. The smallest absolute Gasteiger partial charge is 0.290 e. The summed E-state index contributed by atoms with van der Waals surface area (Å²) in [5.41, 5.74) is 0.212. The number of likely N-dealkylation sites (tertiary alicyclic amines) is 1. The molecular weight excluding hydrogens is 430 g/mol. The summed E-state index contributed by atoms with van der Waals surface area (Å²) in [7, 11) is 1.50. The van der Waals surface area contributed by atoms with Gasteiger partial charge in [-0.3, -0.25) is 24.5 Å². The number of phenolic OH excluding ortho intramolecular Hbond substituents is 1. The number of unbranched alkanes of at least 4 members (excludes halogenated alkanes) is 3. The Morgan fingerprint density at radius 1 is 1.19 bits per heavy atom. The third-order valence-electron chi connectivity index (χ3n) is 6.11. The van der Waals surface area contributed by atoms with Crippen LogP contribution in [0.5, 0.6) is 11.5 Å². The van der Waals surface area contributed by atoms with E-state index in [1.165, 1.54) is 24.1 Å². The van der Waals surface area contributed by atoms with Gasteiger partial charge in [-0.2, -0.15) is 0 Å². The molecule has 0 saturated carbocycles. The number of ether oxygens (including phenoxy) is 1. The number of phenols is 1. The number of aromatic nitrogens is 1. The lowest BCUT2D eigenvalue weighted by Gasteiger charge is -2.29. The van der Waals surface area contributed by atoms with Crippen LogP contribution in [0, 0.1) is 0 Å². The fraction of sp³-hybridized carbons (Fsp3) is 0.417. The molecule has 2 unspecified atom stereocenters. The van der Waals surface area contributed by atoms with Crippen molar-refractivity contribution in [3.63, 3.8) is 0 Å². The molecule has 2 atom stereocenters. The van der Waals surface area contributed by atoms with Crippen LogP contribution in [0.15, 0.2) is 41.7 Å². The monoisotopic (exact) mass is 455 g/mol. The van der Waals surface area contributed by atoms with Crippen molar-refractivity contribution in [1.29, 1.82) is 0 Å². The van der Waals surface area contributed by atoms with Crippen molar-refractivity contribution in [2.24, 2.45) is 4.99 Å². The quantitative estimate of drug-likeness (QED) is 0.505. The van der Waals surface area contributed by atoms with Gasteiger partial charge >= 0.3 is 0 Å². The SMILES string of the molecule is CCCCCCc1c(O)ccc2c1OC1(C2=O)C(=NCc2ccncc2)C(Cl)C(=O)N1C. The Morgan fingerprint density at radius 3 is 2.66 bits per heavy atom. The van der Waals surface area contributed by atoms with Crippen molar-refractivity contribution in [1.82, 2.24) is 9.88 Å². The zero-order valence-corrected chi connectivity index (χ0v) is 18.9. The minimum atomic E-state index is -1.73. The third-order valence-corrected chi connectivity index (χ3v) is 6.50. The molecule has 1 N–H and O–H groups in total. The second-order valence-corrected chi connectivity index (χ2v) is 8.58. The second-order valence-electron chi connectivity index (χ2n) is 8.14. The first-order valence-electron chi connectivity index (χ1n) is 10.9. The van der Waals surface area contributed by atoms with Gasteiger partial charge in [0.2, 0.25) is 11.7 Å². The first-order chi connectivity index (χ1) is 15.4. The van der Waals surface area contributed by atoms with Crippen molar-refractivity contribution >= 4 is 29.0 Å². The van der Waals surface area contributed by atoms with Crippen molar-refractivity contribution in [3.05, 3.63) is 53.3 Å². The van der Waals surface area contributed by atoms with Crippen LogP contribution in [0.4, 0.5) is 0 Å². The van der Waals surface area contributed by atoms with Crippen LogP contribution in [0.25, 0.3) is 0 Å². The molecule has 2 aliphatic heterocycles. The standard InChI is InChI=1S/C24H26ClN3O4/c1-3-4-5-6-7-16-18(29)9-8-17-20(16)32-24(22(17)30)21(19(25)23(31)28(24)2)27-14-15-10-12-26-13-11-15/h8-13,19,29H,3-7,14H2,1-2H3. The first-order valence-corrected chi connectivity index (χ1v) is 11.3. The highest BCUT2D eigenvalue weighted by atomic mass is 35.5. The number of rotatable bonds is 7. The van der Waals surface area contributed by atoms with Gasteiger partial charge in [-0.05, 0) is 42.7 Å². The van der Waals surface area contributed by atoms with Crippen LogP contribution in [-0.2, 0) is 17.8 Å². The van der Waals surface area contributed by atoms with E-state index in [0.717, 1.165) is 31.2 Å². The number of carbonyl (C=O) groups is 2. The number of Topliss-reactive ketones (excluding diaryl/α,β-unsaturated/α-hetero) is 1. The van der Waals surface area contributed by atoms with Gasteiger partial charge in [-0.25, -0.2) is 0 Å². The predicted molar refractivity (Wildman–Crippen MR) is 121 cm³/mol. The van der Waals surface area contributed by atoms with Crippen LogP contribution in [0.2, 0.25) is 0 Å². The zero-order valence-electron chi connectivity index (χ0n) is 18.2. The summed E-state index contributed by atoms with van der Waals surface area (Å²) in [6.45, 7) is 2.36. The number of likely N-dealkylation sites (N-methyl/N-ethyl adjacent to an activating group) is 1. The Bertz CT molecular complexity index is 1070. The van der Waals surface area contributed by atoms with E-state index in [0.29, 0.717) is 23.3 Å². The van der Waals surface area contributed by atoms with E-state index in [1.807, 2.05) is 0 Å². The predicted octanol–water partition coefficient (Wildman–Crippen LogP) is 3.90. The van der Waals surface area contributed by atoms with E-state index in [9.17, 15) is 14.7 Å². The molecule has 2 aromatic rings. The van der Waals surface area contributed by atoms with Gasteiger partial charge in [0.15, 0.2) is 5.38 Å². The normalized spacial score (nSPS) is 23.3. The molecule has 1 saturated heterocycles. The fourth-order valence-electron chi connectivity index (χ4n) is 4.29. The Labute approximate surface area is 192 Å². The number of hydrogen-bond donors (Lipinski definition) is 1. The first kappa shape index (κ1) is 22.3. The lowest BCUT2D eigenvalue weighted by atomic mass is 9.96. The number of pyridine rings is 1. The molecule has 1 aromatic heterocycles. The Morgan fingerprint density at radius 2 is 1.94 bits per heavy atom. The molecule has 32 heavy (non-hydrogen) atoms. The van der Waals surface area contributed by atoms with Crippen LogP contribution < -0.4 is 4.74 Å². The van der Waals surface area contributed by atoms with E-state index in [1.54, 1.807) is 24.5 Å². The van der Waals surface area contributed by atoms with E-state index in [2.05, 4.69) is 16.9 Å². The second kappa shape index (κ2) is 8.90. The van der Waals surface area contributed by atoms with Gasteiger partial charge in [0, 0.05) is 25.0 Å². The maximum absolute atomic E-state index is 13.6. The molecule has 0 bridgehead atoms. The molecule has 0 radical (unpaired) electrons. The summed E-state index contributed by atoms with van der Waals surface area (Å²) >= 11 is 6.44. The molecule has 0 aliphatic carbocycles. The third kappa shape index (κ3) is 3.54. The molecule has 168 valence electrons. The largest absolute Gasteiger partial charge is 0.508 e. The van der Waals surface area contributed by atoms with Crippen LogP contribution in [0.3, 0.4) is 0 Å². The average Bonchev–Trinajstić information content (AvgIpc) is 3.19. The number of aromatic hydroxyl groups is 1. The lowest BCUT2D eigenvalue weighted by molar-refractivity contribution is -0.132. The molecule has 4 rings (SSSR count). The Kier molecular flexibility index (Phi) is 6.20. The number of alkyl halides is 1. The van der Waals surface area contributed by atoms with Gasteiger partial charge in [0.25, 0.3) is 5.72 Å². The maximum Gasteiger partial charge on any atom is 0.290 e. The number of fused-ring (bicyclic) bond motifs is 1. The van der Waals surface area contributed by atoms with E-state index >= 15 is 0 Å². The molecule has 1 spiro atoms. The topological polar surface area (TPSA) is 92.1 Å². The van der Waals surface area contributed by atoms with E-state index in [4.69, 9.17) is 16.3 Å². The number of ketones is 1. The van der Waals surface area contributed by atoms with Crippen molar-refractivity contribution in [2.75, 3.05) is 7.05 Å². The summed E-state index contributed by atoms with van der Waals surface area (Å²) in [6, 6.07) is 6.66. The number of benzene rings is 1. The number of hydrogen-bond acceptors (Lipinski definition) is 6. The molecule has 1 fully saturated rings. The van der Waals surface area contributed by atoms with E-state index in [-0.39, 0.29) is 18.0 Å². The lowest BCUT2D eigenvalue weighted by Crippen LogP contribution is -2.56. The summed E-state index contributed by atoms with van der Waals surface area (Å²) < 4.78 is 6.26.